The molecule has 6 nitrogen and oxygen atoms in total. The number of hydrogen-bond acceptors (Lipinski definition) is 4. The van der Waals surface area contributed by atoms with Gasteiger partial charge in [0, 0.05) is 24.1 Å². The first kappa shape index (κ1) is 20.4. The number of aliphatic hydroxyl groups is 1. The number of aliphatic hydroxyl groups excluding tert-OH is 1. The maximum Gasteiger partial charge on any atom is 0.274 e. The number of nitrogens with one attached hydrogen (secondary N) is 1. The molecule has 2 aromatic carbocycles. The highest BCUT2D eigenvalue weighted by molar-refractivity contribution is 6.04. The summed E-state index contributed by atoms with van der Waals surface area (Å²) in [5, 5.41) is 12.2. The van der Waals surface area contributed by atoms with Crippen molar-refractivity contribution in [2.24, 2.45) is 0 Å². The number of halogens is 1. The van der Waals surface area contributed by atoms with Crippen molar-refractivity contribution in [3.63, 3.8) is 0 Å². The first-order chi connectivity index (χ1) is 15.1. The molecular formula is C24H20FN3O3. The monoisotopic (exact) mass is 417 g/mol. The summed E-state index contributed by atoms with van der Waals surface area (Å²) in [7, 11) is 0. The molecule has 7 heteroatoms. The Morgan fingerprint density at radius 2 is 1.84 bits per heavy atom. The van der Waals surface area contributed by atoms with E-state index in [1.54, 1.807) is 28.8 Å². The van der Waals surface area contributed by atoms with Gasteiger partial charge in [-0.2, -0.15) is 0 Å². The van der Waals surface area contributed by atoms with Gasteiger partial charge in [0.2, 0.25) is 0 Å². The van der Waals surface area contributed by atoms with Gasteiger partial charge >= 0.3 is 0 Å². The maximum atomic E-state index is 14.4. The summed E-state index contributed by atoms with van der Waals surface area (Å²) in [6, 6.07) is 18.4. The molecule has 0 radical (unpaired) electrons. The van der Waals surface area contributed by atoms with Crippen molar-refractivity contribution in [1.29, 1.82) is 0 Å². The molecule has 4 aromatic rings. The van der Waals surface area contributed by atoms with Gasteiger partial charge in [0.05, 0.1) is 18.5 Å². The van der Waals surface area contributed by atoms with E-state index in [4.69, 9.17) is 0 Å². The normalized spacial score (nSPS) is 11.9. The summed E-state index contributed by atoms with van der Waals surface area (Å²) in [6.45, 7) is -0.186. The number of carbonyl (C=O) groups is 2. The number of nitrogens with zero attached hydrogens (tertiary/aromatic N) is 2. The highest BCUT2D eigenvalue weighted by atomic mass is 19.1. The number of anilines is 1. The number of fused-ring (bicyclic) bond motifs is 1. The van der Waals surface area contributed by atoms with Gasteiger partial charge in [-0.3, -0.25) is 14.0 Å². The van der Waals surface area contributed by atoms with E-state index in [0.29, 0.717) is 5.65 Å². The molecule has 2 heterocycles. The van der Waals surface area contributed by atoms with Crippen molar-refractivity contribution in [2.45, 2.75) is 12.3 Å². The van der Waals surface area contributed by atoms with E-state index < -0.39 is 11.7 Å². The van der Waals surface area contributed by atoms with Crippen molar-refractivity contribution in [2.75, 3.05) is 11.9 Å². The zero-order chi connectivity index (χ0) is 21.8. The molecule has 1 unspecified atom stereocenters. The van der Waals surface area contributed by atoms with Crippen molar-refractivity contribution in [3.05, 3.63) is 102 Å². The molecule has 2 N–H and O–H groups in total. The number of carbonyl (C=O) groups excluding carboxylic acids is 2. The van der Waals surface area contributed by atoms with Crippen LogP contribution in [0.5, 0.6) is 0 Å². The van der Waals surface area contributed by atoms with E-state index in [-0.39, 0.29) is 41.7 Å². The second kappa shape index (κ2) is 8.89. The van der Waals surface area contributed by atoms with E-state index >= 15 is 0 Å². The van der Waals surface area contributed by atoms with Crippen LogP contribution in [0.1, 0.15) is 38.7 Å². The average Bonchev–Trinajstić information content (AvgIpc) is 3.23. The quantitative estimate of drug-likeness (QED) is 0.444. The van der Waals surface area contributed by atoms with Gasteiger partial charge in [0.15, 0.2) is 5.78 Å². The van der Waals surface area contributed by atoms with Crippen LogP contribution in [0, 0.1) is 5.82 Å². The molecule has 4 rings (SSSR count). The second-order valence-corrected chi connectivity index (χ2v) is 7.14. The molecular weight excluding hydrogens is 397 g/mol. The maximum absolute atomic E-state index is 14.4. The van der Waals surface area contributed by atoms with E-state index in [0.717, 1.165) is 11.6 Å². The molecule has 1 atom stereocenters. The van der Waals surface area contributed by atoms with Crippen LogP contribution in [0.4, 0.5) is 10.1 Å². The minimum Gasteiger partial charge on any atom is -0.396 e. The van der Waals surface area contributed by atoms with E-state index in [1.807, 2.05) is 30.3 Å². The lowest BCUT2D eigenvalue weighted by Crippen LogP contribution is -2.16. The molecule has 0 spiro atoms. The number of rotatable bonds is 7. The van der Waals surface area contributed by atoms with Crippen molar-refractivity contribution < 1.29 is 19.1 Å². The number of hydrogen-bond donors (Lipinski definition) is 2. The standard InChI is InChI=1S/C24H20FN3O3/c25-19-10-9-17(22(30)13-18(15-29)16-6-2-1-3-7-16)12-20(19)27-24(31)21-14-26-23-8-4-5-11-28(21)23/h1-12,14,18,29H,13,15H2,(H,27,31). The highest BCUT2D eigenvalue weighted by Crippen LogP contribution is 2.24. The van der Waals surface area contributed by atoms with Crippen LogP contribution in [-0.4, -0.2) is 32.8 Å². The Labute approximate surface area is 178 Å². The minimum atomic E-state index is -0.652. The van der Waals surface area contributed by atoms with E-state index in [1.165, 1.54) is 18.3 Å². The largest absolute Gasteiger partial charge is 0.396 e. The molecule has 156 valence electrons. The van der Waals surface area contributed by atoms with Gasteiger partial charge in [-0.05, 0) is 35.9 Å². The van der Waals surface area contributed by atoms with Crippen molar-refractivity contribution >= 4 is 23.0 Å². The summed E-state index contributed by atoms with van der Waals surface area (Å²) < 4.78 is 15.9. The van der Waals surface area contributed by atoms with Crippen LogP contribution in [-0.2, 0) is 0 Å². The second-order valence-electron chi connectivity index (χ2n) is 7.14. The Kier molecular flexibility index (Phi) is 5.86. The lowest BCUT2D eigenvalue weighted by Gasteiger charge is -2.14. The molecule has 0 saturated heterocycles. The van der Waals surface area contributed by atoms with Gasteiger partial charge in [0.1, 0.15) is 17.2 Å². The molecule has 0 aliphatic heterocycles. The summed E-state index contributed by atoms with van der Waals surface area (Å²) >= 11 is 0. The first-order valence-corrected chi connectivity index (χ1v) is 9.79. The zero-order valence-corrected chi connectivity index (χ0v) is 16.5. The molecule has 0 aliphatic carbocycles. The number of Topliss-reactive ketones (excluding diaryl/α,β-unsaturated/α-hetero) is 1. The Balaban J connectivity index is 1.54. The number of pyridine rings is 1. The number of ketones is 1. The van der Waals surface area contributed by atoms with Crippen LogP contribution in [0.25, 0.3) is 5.65 Å². The molecule has 0 saturated carbocycles. The fourth-order valence-corrected chi connectivity index (χ4v) is 3.44. The summed E-state index contributed by atoms with van der Waals surface area (Å²) in [5.74, 6) is -1.82. The molecule has 31 heavy (non-hydrogen) atoms. The Morgan fingerprint density at radius 1 is 1.06 bits per heavy atom. The zero-order valence-electron chi connectivity index (χ0n) is 16.5. The fourth-order valence-electron chi connectivity index (χ4n) is 3.44. The van der Waals surface area contributed by atoms with Crippen LogP contribution >= 0.6 is 0 Å². The van der Waals surface area contributed by atoms with Crippen molar-refractivity contribution in [3.8, 4) is 0 Å². The van der Waals surface area contributed by atoms with Gasteiger partial charge < -0.3 is 10.4 Å². The predicted octanol–water partition coefficient (Wildman–Crippen LogP) is 4.07. The fraction of sp³-hybridized carbons (Fsp3) is 0.125. The summed E-state index contributed by atoms with van der Waals surface area (Å²) in [5.41, 5.74) is 1.84. The number of amides is 1. The average molecular weight is 417 g/mol. The lowest BCUT2D eigenvalue weighted by molar-refractivity contribution is 0.0958. The number of aromatic nitrogens is 2. The van der Waals surface area contributed by atoms with Gasteiger partial charge in [-0.25, -0.2) is 9.37 Å². The van der Waals surface area contributed by atoms with Crippen LogP contribution in [0.2, 0.25) is 0 Å². The minimum absolute atomic E-state index is 0.0623. The first-order valence-electron chi connectivity index (χ1n) is 9.79. The molecule has 1 amide bonds. The third kappa shape index (κ3) is 4.36. The van der Waals surface area contributed by atoms with Crippen LogP contribution in [0.15, 0.2) is 79.1 Å². The van der Waals surface area contributed by atoms with E-state index in [9.17, 15) is 19.1 Å². The molecule has 0 aliphatic rings. The topological polar surface area (TPSA) is 83.7 Å². The SMILES string of the molecule is O=C(CC(CO)c1ccccc1)c1ccc(F)c(NC(=O)c2cnc3ccccn23)c1. The Bertz CT molecular complexity index is 1240. The van der Waals surface area contributed by atoms with E-state index in [2.05, 4.69) is 10.3 Å². The Hall–Kier alpha value is -3.84. The third-order valence-corrected chi connectivity index (χ3v) is 5.11. The lowest BCUT2D eigenvalue weighted by atomic mass is 9.92. The summed E-state index contributed by atoms with van der Waals surface area (Å²) in [4.78, 5) is 29.6. The van der Waals surface area contributed by atoms with Gasteiger partial charge in [-0.1, -0.05) is 36.4 Å². The smallest absolute Gasteiger partial charge is 0.274 e. The van der Waals surface area contributed by atoms with Crippen molar-refractivity contribution in [1.82, 2.24) is 9.38 Å². The van der Waals surface area contributed by atoms with Crippen LogP contribution in [0.3, 0.4) is 0 Å². The van der Waals surface area contributed by atoms with Crippen LogP contribution < -0.4 is 5.32 Å². The Morgan fingerprint density at radius 3 is 2.61 bits per heavy atom. The third-order valence-electron chi connectivity index (χ3n) is 5.11. The highest BCUT2D eigenvalue weighted by Gasteiger charge is 2.19. The number of imidazole rings is 1. The molecule has 2 aromatic heterocycles. The number of benzene rings is 2. The molecule has 0 bridgehead atoms. The molecule has 0 fully saturated rings. The predicted molar refractivity (Wildman–Crippen MR) is 115 cm³/mol. The van der Waals surface area contributed by atoms with Gasteiger partial charge in [-0.15, -0.1) is 0 Å². The summed E-state index contributed by atoms with van der Waals surface area (Å²) in [6.07, 6.45) is 3.15. The van der Waals surface area contributed by atoms with Gasteiger partial charge in [0.25, 0.3) is 5.91 Å².